The van der Waals surface area contributed by atoms with Crippen molar-refractivity contribution in [3.63, 3.8) is 0 Å². The van der Waals surface area contributed by atoms with Crippen LogP contribution in [0.1, 0.15) is 12.5 Å². The number of hydrogen-bond donors (Lipinski definition) is 1. The third-order valence-corrected chi connectivity index (χ3v) is 4.30. The van der Waals surface area contributed by atoms with E-state index in [2.05, 4.69) is 5.32 Å². The fourth-order valence-corrected chi connectivity index (χ4v) is 2.99. The topological polar surface area (TPSA) is 75.3 Å². The molecule has 4 rings (SSSR count). The molecule has 7 heteroatoms. The third-order valence-electron chi connectivity index (χ3n) is 4.30. The van der Waals surface area contributed by atoms with Crippen molar-refractivity contribution < 1.29 is 28.5 Å². The molecule has 146 valence electrons. The van der Waals surface area contributed by atoms with Gasteiger partial charge in [-0.15, -0.1) is 0 Å². The lowest BCUT2D eigenvalue weighted by Crippen LogP contribution is -2.31. The van der Waals surface area contributed by atoms with Gasteiger partial charge in [-0.2, -0.15) is 0 Å². The highest BCUT2D eigenvalue weighted by Crippen LogP contribution is 2.36. The minimum Gasteiger partial charge on any atom is -0.492 e. The predicted molar refractivity (Wildman–Crippen MR) is 102 cm³/mol. The van der Waals surface area contributed by atoms with Gasteiger partial charge in [0.1, 0.15) is 19.0 Å². The number of carbonyl (C=O) groups is 1. The molecular formula is C21H21NO6. The van der Waals surface area contributed by atoms with Crippen molar-refractivity contribution >= 4 is 12.0 Å². The molecule has 0 radical (unpaired) electrons. The fourth-order valence-electron chi connectivity index (χ4n) is 2.99. The van der Waals surface area contributed by atoms with Crippen molar-refractivity contribution in [1.29, 1.82) is 0 Å². The number of carbonyl (C=O) groups excluding carboxylic acids is 1. The molecular weight excluding hydrogens is 362 g/mol. The van der Waals surface area contributed by atoms with Crippen molar-refractivity contribution in [3.05, 3.63) is 47.5 Å². The number of fused-ring (bicyclic) bond motifs is 2. The van der Waals surface area contributed by atoms with Gasteiger partial charge < -0.3 is 29.0 Å². The molecule has 0 aromatic heterocycles. The molecule has 2 heterocycles. The summed E-state index contributed by atoms with van der Waals surface area (Å²) in [5.74, 6) is 3.21. The second-order valence-electron chi connectivity index (χ2n) is 6.19. The summed E-state index contributed by atoms with van der Waals surface area (Å²) in [6.07, 6.45) is 1.83. The number of ether oxygens (including phenoxy) is 5. The molecule has 0 fully saturated rings. The largest absolute Gasteiger partial charge is 0.492 e. The average molecular weight is 383 g/mol. The number of para-hydroxylation sites is 1. The van der Waals surface area contributed by atoms with E-state index in [1.165, 1.54) is 0 Å². The Hall–Kier alpha value is -3.35. The lowest BCUT2D eigenvalue weighted by molar-refractivity contribution is -0.117. The van der Waals surface area contributed by atoms with E-state index < -0.39 is 0 Å². The van der Waals surface area contributed by atoms with Crippen molar-refractivity contribution in [2.75, 3.05) is 33.2 Å². The zero-order chi connectivity index (χ0) is 19.3. The molecule has 28 heavy (non-hydrogen) atoms. The summed E-state index contributed by atoms with van der Waals surface area (Å²) in [6.45, 7) is 3.61. The van der Waals surface area contributed by atoms with E-state index >= 15 is 0 Å². The Labute approximate surface area is 162 Å². The zero-order valence-corrected chi connectivity index (χ0v) is 15.5. The lowest BCUT2D eigenvalue weighted by Gasteiger charge is -2.20. The summed E-state index contributed by atoms with van der Waals surface area (Å²) in [5.41, 5.74) is 1.39. The SMILES string of the molecule is CCOc1cccc2c1OCC(C(=O)NCCOc1ccc3c(c1)OCO3)=C2. The van der Waals surface area contributed by atoms with Crippen LogP contribution in [0.15, 0.2) is 42.0 Å². The van der Waals surface area contributed by atoms with Crippen LogP contribution in [0.25, 0.3) is 6.08 Å². The van der Waals surface area contributed by atoms with Gasteiger partial charge >= 0.3 is 0 Å². The van der Waals surface area contributed by atoms with Crippen LogP contribution in [0.4, 0.5) is 0 Å². The highest BCUT2D eigenvalue weighted by molar-refractivity contribution is 5.99. The van der Waals surface area contributed by atoms with E-state index in [1.54, 1.807) is 18.2 Å². The summed E-state index contributed by atoms with van der Waals surface area (Å²) in [6, 6.07) is 11.0. The molecule has 0 saturated carbocycles. The quantitative estimate of drug-likeness (QED) is 0.741. The Morgan fingerprint density at radius 1 is 1.11 bits per heavy atom. The van der Waals surface area contributed by atoms with Crippen LogP contribution in [-0.4, -0.2) is 39.1 Å². The van der Waals surface area contributed by atoms with Gasteiger partial charge in [-0.1, -0.05) is 12.1 Å². The molecule has 7 nitrogen and oxygen atoms in total. The summed E-state index contributed by atoms with van der Waals surface area (Å²) in [5, 5.41) is 2.85. The molecule has 2 aromatic carbocycles. The van der Waals surface area contributed by atoms with Gasteiger partial charge in [0.05, 0.1) is 18.7 Å². The molecule has 1 amide bonds. The molecule has 1 N–H and O–H groups in total. The van der Waals surface area contributed by atoms with Crippen LogP contribution in [0.5, 0.6) is 28.7 Å². The number of amides is 1. The van der Waals surface area contributed by atoms with Crippen LogP contribution < -0.4 is 29.0 Å². The Bertz CT molecular complexity index is 908. The van der Waals surface area contributed by atoms with Gasteiger partial charge in [0.25, 0.3) is 5.91 Å². The van der Waals surface area contributed by atoms with E-state index in [0.29, 0.717) is 54.1 Å². The minimum absolute atomic E-state index is 0.179. The zero-order valence-electron chi connectivity index (χ0n) is 15.5. The fraction of sp³-hybridized carbons (Fsp3) is 0.286. The maximum Gasteiger partial charge on any atom is 0.250 e. The van der Waals surface area contributed by atoms with Crippen LogP contribution in [0, 0.1) is 0 Å². The van der Waals surface area contributed by atoms with E-state index in [9.17, 15) is 4.79 Å². The second kappa shape index (κ2) is 8.12. The van der Waals surface area contributed by atoms with Crippen molar-refractivity contribution in [2.24, 2.45) is 0 Å². The van der Waals surface area contributed by atoms with Crippen molar-refractivity contribution in [3.8, 4) is 28.7 Å². The summed E-state index contributed by atoms with van der Waals surface area (Å²) < 4.78 is 27.5. The predicted octanol–water partition coefficient (Wildman–Crippen LogP) is 2.79. The summed E-state index contributed by atoms with van der Waals surface area (Å²) in [7, 11) is 0. The molecule has 2 aromatic rings. The van der Waals surface area contributed by atoms with E-state index in [0.717, 1.165) is 5.56 Å². The lowest BCUT2D eigenvalue weighted by atomic mass is 10.1. The van der Waals surface area contributed by atoms with E-state index in [4.69, 9.17) is 23.7 Å². The van der Waals surface area contributed by atoms with Gasteiger partial charge in [0, 0.05) is 11.6 Å². The molecule has 0 saturated heterocycles. The first-order valence-corrected chi connectivity index (χ1v) is 9.14. The molecule has 0 spiro atoms. The van der Waals surface area contributed by atoms with Crippen molar-refractivity contribution in [2.45, 2.75) is 6.92 Å². The van der Waals surface area contributed by atoms with Gasteiger partial charge in [0.15, 0.2) is 23.0 Å². The van der Waals surface area contributed by atoms with E-state index in [1.807, 2.05) is 31.2 Å². The van der Waals surface area contributed by atoms with Crippen LogP contribution in [-0.2, 0) is 4.79 Å². The van der Waals surface area contributed by atoms with E-state index in [-0.39, 0.29) is 19.3 Å². The second-order valence-corrected chi connectivity index (χ2v) is 6.19. The average Bonchev–Trinajstić information content (AvgIpc) is 3.19. The highest BCUT2D eigenvalue weighted by atomic mass is 16.7. The molecule has 2 aliphatic rings. The monoisotopic (exact) mass is 383 g/mol. The first kappa shape index (κ1) is 18.0. The summed E-state index contributed by atoms with van der Waals surface area (Å²) >= 11 is 0. The molecule has 0 unspecified atom stereocenters. The van der Waals surface area contributed by atoms with Crippen molar-refractivity contribution in [1.82, 2.24) is 5.32 Å². The first-order chi connectivity index (χ1) is 13.7. The number of rotatable bonds is 7. The van der Waals surface area contributed by atoms with Crippen LogP contribution in [0.3, 0.4) is 0 Å². The first-order valence-electron chi connectivity index (χ1n) is 9.14. The molecule has 0 atom stereocenters. The van der Waals surface area contributed by atoms with Crippen LogP contribution in [0.2, 0.25) is 0 Å². The smallest absolute Gasteiger partial charge is 0.250 e. The summed E-state index contributed by atoms with van der Waals surface area (Å²) in [4.78, 5) is 12.4. The minimum atomic E-state index is -0.179. The Kier molecular flexibility index (Phi) is 5.23. The third kappa shape index (κ3) is 3.83. The molecule has 2 aliphatic heterocycles. The standard InChI is InChI=1S/C21H21NO6/c1-2-24-18-5-3-4-14-10-15(12-26-20(14)18)21(23)22-8-9-25-16-6-7-17-19(11-16)28-13-27-17/h3-7,10-11H,2,8-9,12-13H2,1H3,(H,22,23). The maximum atomic E-state index is 12.4. The Balaban J connectivity index is 1.30. The molecule has 0 bridgehead atoms. The highest BCUT2D eigenvalue weighted by Gasteiger charge is 2.20. The van der Waals surface area contributed by atoms with Gasteiger partial charge in [0.2, 0.25) is 6.79 Å². The number of nitrogens with one attached hydrogen (secondary N) is 1. The maximum absolute atomic E-state index is 12.4. The van der Waals surface area contributed by atoms with Crippen LogP contribution >= 0.6 is 0 Å². The van der Waals surface area contributed by atoms with Gasteiger partial charge in [-0.3, -0.25) is 4.79 Å². The number of benzene rings is 2. The Morgan fingerprint density at radius 2 is 2.00 bits per heavy atom. The Morgan fingerprint density at radius 3 is 2.89 bits per heavy atom. The normalized spacial score (nSPS) is 13.8. The van der Waals surface area contributed by atoms with Gasteiger partial charge in [-0.25, -0.2) is 0 Å². The molecule has 0 aliphatic carbocycles. The number of hydrogen-bond acceptors (Lipinski definition) is 6. The van der Waals surface area contributed by atoms with Gasteiger partial charge in [-0.05, 0) is 31.2 Å².